The number of fused-ring (bicyclic) bond motifs is 12. The van der Waals surface area contributed by atoms with Gasteiger partial charge in [0, 0.05) is 38.2 Å². The minimum atomic E-state index is 0.821. The summed E-state index contributed by atoms with van der Waals surface area (Å²) >= 11 is 0. The van der Waals surface area contributed by atoms with Crippen LogP contribution >= 0.6 is 0 Å². The fourth-order valence-electron chi connectivity index (χ4n) is 9.51. The topological polar surface area (TPSA) is 47.6 Å². The Morgan fingerprint density at radius 3 is 1.39 bits per heavy atom. The van der Waals surface area contributed by atoms with E-state index in [0.29, 0.717) is 0 Å². The highest BCUT2D eigenvalue weighted by molar-refractivity contribution is 6.23. The number of rotatable bonds is 5. The fourth-order valence-corrected chi connectivity index (χ4v) is 9.51. The van der Waals surface area contributed by atoms with Gasteiger partial charge < -0.3 is 22.7 Å². The van der Waals surface area contributed by atoms with Crippen LogP contribution in [0.4, 0.5) is 17.1 Å². The second-order valence-electron chi connectivity index (χ2n) is 15.2. The van der Waals surface area contributed by atoms with E-state index in [0.717, 1.165) is 99.7 Å². The third-order valence-corrected chi connectivity index (χ3v) is 12.0. The molecule has 13 rings (SSSR count). The maximum atomic E-state index is 6.99. The quantitative estimate of drug-likeness (QED) is 0.175. The van der Waals surface area contributed by atoms with E-state index in [9.17, 15) is 0 Å². The van der Waals surface area contributed by atoms with Crippen LogP contribution in [0.3, 0.4) is 0 Å². The first-order chi connectivity index (χ1) is 29.3. The standard InChI is InChI=1S/C54H32N2O3/c1-6-21-41-36(16-1)37-17-2-7-22-42(37)55(41)34-15-11-14-33(32-34)35-30-31-45(53-40-20-5-10-27-48(40)59-54(35)53)56(43-23-12-28-49-51(43)38-18-3-8-25-46(38)57-49)44-24-13-29-50-52(44)39-19-4-9-26-47(39)58-50/h1-32H. The van der Waals surface area contributed by atoms with Crippen molar-refractivity contribution in [3.05, 3.63) is 194 Å². The van der Waals surface area contributed by atoms with Crippen LogP contribution in [-0.2, 0) is 0 Å². The maximum absolute atomic E-state index is 6.99. The first-order valence-corrected chi connectivity index (χ1v) is 19.9. The lowest BCUT2D eigenvalue weighted by Gasteiger charge is -2.28. The Morgan fingerprint density at radius 1 is 0.339 bits per heavy atom. The van der Waals surface area contributed by atoms with Crippen molar-refractivity contribution in [1.82, 2.24) is 4.57 Å². The number of para-hydroxylation sites is 5. The lowest BCUT2D eigenvalue weighted by Crippen LogP contribution is -2.11. The zero-order chi connectivity index (χ0) is 38.6. The minimum Gasteiger partial charge on any atom is -0.456 e. The molecule has 0 amide bonds. The summed E-state index contributed by atoms with van der Waals surface area (Å²) in [6, 6.07) is 68.2. The molecule has 4 heterocycles. The van der Waals surface area contributed by atoms with Crippen LogP contribution < -0.4 is 4.90 Å². The molecule has 4 aromatic heterocycles. The molecule has 59 heavy (non-hydrogen) atoms. The summed E-state index contributed by atoms with van der Waals surface area (Å²) in [5, 5.41) is 8.72. The minimum absolute atomic E-state index is 0.821. The van der Waals surface area contributed by atoms with E-state index in [1.54, 1.807) is 0 Å². The summed E-state index contributed by atoms with van der Waals surface area (Å²) < 4.78 is 22.4. The summed E-state index contributed by atoms with van der Waals surface area (Å²) in [7, 11) is 0. The Kier molecular flexibility index (Phi) is 6.66. The molecular formula is C54H32N2O3. The molecule has 0 radical (unpaired) electrons. The van der Waals surface area contributed by atoms with Crippen molar-refractivity contribution in [2.75, 3.05) is 4.90 Å². The molecule has 0 bridgehead atoms. The largest absolute Gasteiger partial charge is 0.456 e. The number of hydrogen-bond donors (Lipinski definition) is 0. The summed E-state index contributed by atoms with van der Waals surface area (Å²) in [6.45, 7) is 0. The van der Waals surface area contributed by atoms with E-state index < -0.39 is 0 Å². The number of furan rings is 3. The number of nitrogens with zero attached hydrogens (tertiary/aromatic N) is 2. The van der Waals surface area contributed by atoms with Crippen LogP contribution in [0.1, 0.15) is 0 Å². The average molecular weight is 757 g/mol. The van der Waals surface area contributed by atoms with Crippen LogP contribution in [-0.4, -0.2) is 4.57 Å². The third kappa shape index (κ3) is 4.61. The van der Waals surface area contributed by atoms with Gasteiger partial charge in [0.1, 0.15) is 33.5 Å². The summed E-state index contributed by atoms with van der Waals surface area (Å²) in [4.78, 5) is 2.39. The van der Waals surface area contributed by atoms with E-state index in [-0.39, 0.29) is 0 Å². The number of anilines is 3. The first-order valence-electron chi connectivity index (χ1n) is 19.9. The molecule has 0 saturated heterocycles. The van der Waals surface area contributed by atoms with Crippen molar-refractivity contribution in [2.24, 2.45) is 0 Å². The highest BCUT2D eigenvalue weighted by Gasteiger charge is 2.27. The van der Waals surface area contributed by atoms with Crippen molar-refractivity contribution in [3.63, 3.8) is 0 Å². The Hall–Kier alpha value is -8.02. The van der Waals surface area contributed by atoms with Crippen molar-refractivity contribution in [1.29, 1.82) is 0 Å². The van der Waals surface area contributed by atoms with E-state index in [1.807, 2.05) is 30.3 Å². The van der Waals surface area contributed by atoms with Crippen molar-refractivity contribution in [3.8, 4) is 16.8 Å². The van der Waals surface area contributed by atoms with Gasteiger partial charge >= 0.3 is 0 Å². The second kappa shape index (κ2) is 12.2. The zero-order valence-electron chi connectivity index (χ0n) is 31.6. The Morgan fingerprint density at radius 2 is 0.797 bits per heavy atom. The molecule has 0 unspecified atom stereocenters. The van der Waals surface area contributed by atoms with Crippen molar-refractivity contribution >= 4 is 105 Å². The summed E-state index contributed by atoms with van der Waals surface area (Å²) in [5.41, 5.74) is 13.5. The molecule has 0 aliphatic carbocycles. The third-order valence-electron chi connectivity index (χ3n) is 12.0. The smallest absolute Gasteiger partial charge is 0.145 e. The lowest BCUT2D eigenvalue weighted by atomic mass is 9.98. The molecule has 0 fully saturated rings. The molecule has 13 aromatic rings. The summed E-state index contributed by atoms with van der Waals surface area (Å²) in [6.07, 6.45) is 0. The maximum Gasteiger partial charge on any atom is 0.145 e. The van der Waals surface area contributed by atoms with Crippen LogP contribution in [0, 0.1) is 0 Å². The number of benzene rings is 9. The average Bonchev–Trinajstić information content (AvgIpc) is 4.06. The molecule has 9 aromatic carbocycles. The zero-order valence-corrected chi connectivity index (χ0v) is 31.6. The molecule has 0 spiro atoms. The summed E-state index contributed by atoms with van der Waals surface area (Å²) in [5.74, 6) is 0. The van der Waals surface area contributed by atoms with Gasteiger partial charge in [-0.15, -0.1) is 0 Å². The molecule has 0 saturated carbocycles. The molecule has 0 aliphatic heterocycles. The second-order valence-corrected chi connectivity index (χ2v) is 15.2. The predicted molar refractivity (Wildman–Crippen MR) is 243 cm³/mol. The van der Waals surface area contributed by atoms with Gasteiger partial charge in [0.25, 0.3) is 0 Å². The van der Waals surface area contributed by atoms with Gasteiger partial charge in [-0.05, 0) is 84.4 Å². The van der Waals surface area contributed by atoms with Crippen LogP contribution in [0.15, 0.2) is 207 Å². The molecule has 0 aliphatic rings. The van der Waals surface area contributed by atoms with Gasteiger partial charge in [-0.25, -0.2) is 0 Å². The lowest BCUT2D eigenvalue weighted by molar-refractivity contribution is 0.668. The molecule has 0 atom stereocenters. The Balaban J connectivity index is 1.11. The van der Waals surface area contributed by atoms with E-state index in [2.05, 4.69) is 173 Å². The fraction of sp³-hybridized carbons (Fsp3) is 0. The molecule has 5 nitrogen and oxygen atoms in total. The monoisotopic (exact) mass is 756 g/mol. The van der Waals surface area contributed by atoms with Crippen LogP contribution in [0.25, 0.3) is 104 Å². The van der Waals surface area contributed by atoms with Gasteiger partial charge in [-0.1, -0.05) is 115 Å². The van der Waals surface area contributed by atoms with E-state index in [4.69, 9.17) is 13.3 Å². The predicted octanol–water partition coefficient (Wildman–Crippen LogP) is 15.6. The van der Waals surface area contributed by atoms with Gasteiger partial charge in [-0.2, -0.15) is 0 Å². The van der Waals surface area contributed by atoms with E-state index in [1.165, 1.54) is 21.8 Å². The SMILES string of the molecule is c1cc(-c2ccc(N(c3cccc4oc5ccccc5c34)c3cccc4oc5ccccc5c34)c3c2oc2ccccc23)cc(-n2c3ccccc3c3ccccc32)c1. The van der Waals surface area contributed by atoms with Gasteiger partial charge in [-0.3, -0.25) is 0 Å². The van der Waals surface area contributed by atoms with Crippen LogP contribution in [0.5, 0.6) is 0 Å². The van der Waals surface area contributed by atoms with Gasteiger partial charge in [0.05, 0.1) is 44.3 Å². The number of hydrogen-bond acceptors (Lipinski definition) is 4. The molecule has 0 N–H and O–H groups in total. The van der Waals surface area contributed by atoms with E-state index >= 15 is 0 Å². The highest BCUT2D eigenvalue weighted by Crippen LogP contribution is 2.51. The van der Waals surface area contributed by atoms with Crippen molar-refractivity contribution in [2.45, 2.75) is 0 Å². The normalized spacial score (nSPS) is 12.1. The molecule has 276 valence electrons. The number of aromatic nitrogens is 1. The van der Waals surface area contributed by atoms with Crippen molar-refractivity contribution < 1.29 is 13.3 Å². The first kappa shape index (κ1) is 32.1. The molecule has 5 heteroatoms. The Bertz CT molecular complexity index is 3650. The molecular weight excluding hydrogens is 725 g/mol. The Labute approximate surface area is 337 Å². The van der Waals surface area contributed by atoms with Gasteiger partial charge in [0.2, 0.25) is 0 Å². The van der Waals surface area contributed by atoms with Gasteiger partial charge in [0.15, 0.2) is 0 Å². The van der Waals surface area contributed by atoms with Crippen LogP contribution in [0.2, 0.25) is 0 Å². The highest BCUT2D eigenvalue weighted by atomic mass is 16.3.